The van der Waals surface area contributed by atoms with E-state index in [2.05, 4.69) is 4.90 Å². The van der Waals surface area contributed by atoms with Gasteiger partial charge in [0.15, 0.2) is 0 Å². The minimum Gasteiger partial charge on any atom is -0.370 e. The standard InChI is InChI=1S/C25H37F2N3O3S/c1-19-9-10-23(22(18-19)29-15-5-3-4-6-16-29)34(32,33)30-17-7-8-21(30)24(31)28(2)20-11-13-25(26,27)14-12-20/h9-10,18,20-21H,3-8,11-17H2,1-2H3/t21-/m0/s1. The molecule has 0 spiro atoms. The number of sulfonamides is 1. The van der Waals surface area contributed by atoms with Crippen molar-refractivity contribution in [2.45, 2.75) is 94.0 Å². The predicted octanol–water partition coefficient (Wildman–Crippen LogP) is 4.56. The molecule has 1 aliphatic carbocycles. The monoisotopic (exact) mass is 497 g/mol. The van der Waals surface area contributed by atoms with Crippen molar-refractivity contribution in [3.05, 3.63) is 23.8 Å². The number of anilines is 1. The molecule has 2 heterocycles. The number of carbonyl (C=O) groups excluding carboxylic acids is 1. The van der Waals surface area contributed by atoms with Crippen molar-refractivity contribution in [3.8, 4) is 0 Å². The average Bonchev–Trinajstić information content (AvgIpc) is 3.14. The van der Waals surface area contributed by atoms with Gasteiger partial charge >= 0.3 is 0 Å². The summed E-state index contributed by atoms with van der Waals surface area (Å²) in [5.41, 5.74) is 1.73. The third-order valence-corrected chi connectivity index (χ3v) is 9.67. The fraction of sp³-hybridized carbons (Fsp3) is 0.720. The van der Waals surface area contributed by atoms with Crippen molar-refractivity contribution in [2.24, 2.45) is 0 Å². The summed E-state index contributed by atoms with van der Waals surface area (Å²) in [7, 11) is -2.27. The van der Waals surface area contributed by atoms with E-state index in [0.717, 1.165) is 50.0 Å². The molecule has 3 aliphatic rings. The molecule has 0 unspecified atom stereocenters. The van der Waals surface area contributed by atoms with Crippen LogP contribution in [0.4, 0.5) is 14.5 Å². The Morgan fingerprint density at radius 3 is 2.29 bits per heavy atom. The van der Waals surface area contributed by atoms with Crippen LogP contribution in [0.3, 0.4) is 0 Å². The zero-order valence-corrected chi connectivity index (χ0v) is 21.1. The number of rotatable bonds is 5. The first kappa shape index (κ1) is 25.4. The van der Waals surface area contributed by atoms with E-state index in [9.17, 15) is 22.0 Å². The van der Waals surface area contributed by atoms with Crippen molar-refractivity contribution < 1.29 is 22.0 Å². The maximum atomic E-state index is 13.9. The second-order valence-corrected chi connectivity index (χ2v) is 12.0. The molecule has 1 aromatic carbocycles. The summed E-state index contributed by atoms with van der Waals surface area (Å²) < 4.78 is 56.4. The number of alkyl halides is 2. The lowest BCUT2D eigenvalue weighted by Crippen LogP contribution is -2.50. The number of aryl methyl sites for hydroxylation is 1. The van der Waals surface area contributed by atoms with Gasteiger partial charge in [-0.25, -0.2) is 17.2 Å². The molecule has 1 saturated carbocycles. The van der Waals surface area contributed by atoms with Gasteiger partial charge in [-0.2, -0.15) is 4.31 Å². The SMILES string of the molecule is Cc1ccc(S(=O)(=O)N2CCC[C@H]2C(=O)N(C)C2CCC(F)(F)CC2)c(N2CCCCCC2)c1. The lowest BCUT2D eigenvalue weighted by atomic mass is 9.91. The molecule has 0 N–H and O–H groups in total. The Kier molecular flexibility index (Phi) is 7.53. The molecule has 190 valence electrons. The average molecular weight is 498 g/mol. The van der Waals surface area contributed by atoms with Crippen LogP contribution in [-0.2, 0) is 14.8 Å². The highest BCUT2D eigenvalue weighted by Crippen LogP contribution is 2.37. The maximum Gasteiger partial charge on any atom is 0.248 e. The summed E-state index contributed by atoms with van der Waals surface area (Å²) in [4.78, 5) is 17.4. The molecule has 0 aromatic heterocycles. The first-order chi connectivity index (χ1) is 16.1. The highest BCUT2D eigenvalue weighted by Gasteiger charge is 2.44. The third-order valence-electron chi connectivity index (χ3n) is 7.72. The molecular weight excluding hydrogens is 460 g/mol. The number of halogens is 2. The van der Waals surface area contributed by atoms with E-state index >= 15 is 0 Å². The Hall–Kier alpha value is -1.74. The summed E-state index contributed by atoms with van der Waals surface area (Å²) in [6, 6.07) is 4.38. The highest BCUT2D eigenvalue weighted by molar-refractivity contribution is 7.89. The molecule has 4 rings (SSSR count). The second-order valence-electron chi connectivity index (χ2n) is 10.2. The van der Waals surface area contributed by atoms with E-state index < -0.39 is 22.0 Å². The maximum absolute atomic E-state index is 13.9. The Balaban J connectivity index is 1.58. The van der Waals surface area contributed by atoms with E-state index in [1.54, 1.807) is 13.1 Å². The summed E-state index contributed by atoms with van der Waals surface area (Å²) in [5, 5.41) is 0. The van der Waals surface area contributed by atoms with Crippen LogP contribution in [0.1, 0.15) is 69.8 Å². The number of hydrogen-bond donors (Lipinski definition) is 0. The van der Waals surface area contributed by atoms with Gasteiger partial charge in [0.2, 0.25) is 21.9 Å². The molecule has 1 amide bonds. The quantitative estimate of drug-likeness (QED) is 0.598. The Morgan fingerprint density at radius 1 is 1.00 bits per heavy atom. The van der Waals surface area contributed by atoms with E-state index in [0.29, 0.717) is 19.4 Å². The van der Waals surface area contributed by atoms with Crippen molar-refractivity contribution in [2.75, 3.05) is 31.6 Å². The van der Waals surface area contributed by atoms with E-state index in [4.69, 9.17) is 0 Å². The van der Waals surface area contributed by atoms with Crippen LogP contribution in [0.25, 0.3) is 0 Å². The van der Waals surface area contributed by atoms with Gasteiger partial charge in [0.1, 0.15) is 10.9 Å². The zero-order valence-electron chi connectivity index (χ0n) is 20.3. The van der Waals surface area contributed by atoms with Crippen molar-refractivity contribution >= 4 is 21.6 Å². The minimum atomic E-state index is -3.90. The number of nitrogens with zero attached hydrogens (tertiary/aromatic N) is 3. The lowest BCUT2D eigenvalue weighted by Gasteiger charge is -2.37. The minimum absolute atomic E-state index is 0.232. The van der Waals surface area contributed by atoms with Gasteiger partial charge in [-0.1, -0.05) is 18.9 Å². The molecule has 9 heteroatoms. The molecule has 1 aromatic rings. The molecular formula is C25H37F2N3O3S. The van der Waals surface area contributed by atoms with Crippen LogP contribution in [-0.4, -0.2) is 68.2 Å². The summed E-state index contributed by atoms with van der Waals surface area (Å²) in [6.45, 7) is 3.90. The predicted molar refractivity (Wildman–Crippen MR) is 129 cm³/mol. The van der Waals surface area contributed by atoms with Crippen LogP contribution < -0.4 is 4.90 Å². The third kappa shape index (κ3) is 5.25. The molecule has 34 heavy (non-hydrogen) atoms. The van der Waals surface area contributed by atoms with Gasteiger partial charge in [0.25, 0.3) is 0 Å². The fourth-order valence-electron chi connectivity index (χ4n) is 5.63. The molecule has 2 aliphatic heterocycles. The van der Waals surface area contributed by atoms with Crippen molar-refractivity contribution in [1.29, 1.82) is 0 Å². The Bertz CT molecular complexity index is 983. The van der Waals surface area contributed by atoms with Gasteiger partial charge in [0.05, 0.1) is 5.69 Å². The Labute approximate surface area is 202 Å². The molecule has 2 saturated heterocycles. The van der Waals surface area contributed by atoms with Gasteiger partial charge in [-0.05, 0) is 63.1 Å². The van der Waals surface area contributed by atoms with Crippen LogP contribution in [0.15, 0.2) is 23.1 Å². The largest absolute Gasteiger partial charge is 0.370 e. The number of hydrogen-bond acceptors (Lipinski definition) is 4. The number of amides is 1. The molecule has 0 bridgehead atoms. The highest BCUT2D eigenvalue weighted by atomic mass is 32.2. The smallest absolute Gasteiger partial charge is 0.248 e. The van der Waals surface area contributed by atoms with E-state index in [1.807, 2.05) is 19.1 Å². The van der Waals surface area contributed by atoms with E-state index in [-0.39, 0.29) is 42.5 Å². The van der Waals surface area contributed by atoms with Gasteiger partial charge < -0.3 is 9.80 Å². The van der Waals surface area contributed by atoms with Crippen LogP contribution in [0.5, 0.6) is 0 Å². The van der Waals surface area contributed by atoms with Crippen molar-refractivity contribution in [3.63, 3.8) is 0 Å². The number of carbonyl (C=O) groups is 1. The van der Waals surface area contributed by atoms with E-state index in [1.165, 1.54) is 9.21 Å². The van der Waals surface area contributed by atoms with Gasteiger partial charge in [-0.3, -0.25) is 4.79 Å². The second kappa shape index (κ2) is 10.1. The first-order valence-electron chi connectivity index (χ1n) is 12.6. The summed E-state index contributed by atoms with van der Waals surface area (Å²) >= 11 is 0. The molecule has 1 atom stereocenters. The number of benzene rings is 1. The van der Waals surface area contributed by atoms with Crippen molar-refractivity contribution in [1.82, 2.24) is 9.21 Å². The Morgan fingerprint density at radius 2 is 1.65 bits per heavy atom. The zero-order chi connectivity index (χ0) is 24.5. The van der Waals surface area contributed by atoms with Crippen LogP contribution in [0, 0.1) is 6.92 Å². The summed E-state index contributed by atoms with van der Waals surface area (Å²) in [6.07, 6.45) is 5.44. The normalized spacial score (nSPS) is 24.7. The molecule has 3 fully saturated rings. The first-order valence-corrected chi connectivity index (χ1v) is 14.1. The molecule has 0 radical (unpaired) electrons. The topological polar surface area (TPSA) is 60.9 Å². The van der Waals surface area contributed by atoms with Gasteiger partial charge in [0, 0.05) is 45.6 Å². The lowest BCUT2D eigenvalue weighted by molar-refractivity contribution is -0.138. The van der Waals surface area contributed by atoms with Gasteiger partial charge in [-0.15, -0.1) is 0 Å². The molecule has 6 nitrogen and oxygen atoms in total. The van der Waals surface area contributed by atoms with Crippen LogP contribution in [0.2, 0.25) is 0 Å². The number of likely N-dealkylation sites (N-methyl/N-ethyl adjacent to an activating group) is 1. The summed E-state index contributed by atoms with van der Waals surface area (Å²) in [5.74, 6) is -2.95. The fourth-order valence-corrected chi connectivity index (χ4v) is 7.48. The van der Waals surface area contributed by atoms with Crippen LogP contribution >= 0.6 is 0 Å².